The number of aryl methyl sites for hydroxylation is 1. The number of ether oxygens (including phenoxy) is 1. The SMILES string of the molecule is Cc1nc(/C=C/C(=O)c2ccc3c(c2)CCO3)c2ccccn12. The number of aromatic nitrogens is 2. The molecule has 0 unspecified atom stereocenters. The first-order valence-electron chi connectivity index (χ1n) is 7.64. The van der Waals surface area contributed by atoms with Crippen molar-refractivity contribution in [2.75, 3.05) is 6.61 Å². The first kappa shape index (κ1) is 13.8. The van der Waals surface area contributed by atoms with E-state index >= 15 is 0 Å². The fourth-order valence-electron chi connectivity index (χ4n) is 2.93. The first-order valence-corrected chi connectivity index (χ1v) is 7.64. The molecule has 0 amide bonds. The maximum Gasteiger partial charge on any atom is 0.185 e. The van der Waals surface area contributed by atoms with Crippen LogP contribution in [0.4, 0.5) is 0 Å². The minimum atomic E-state index is -0.0190. The van der Waals surface area contributed by atoms with Gasteiger partial charge in [-0.25, -0.2) is 4.98 Å². The molecule has 23 heavy (non-hydrogen) atoms. The molecule has 0 saturated carbocycles. The van der Waals surface area contributed by atoms with E-state index in [1.807, 2.05) is 53.9 Å². The highest BCUT2D eigenvalue weighted by Crippen LogP contribution is 2.26. The summed E-state index contributed by atoms with van der Waals surface area (Å²) in [7, 11) is 0. The van der Waals surface area contributed by atoms with Crippen molar-refractivity contribution in [2.24, 2.45) is 0 Å². The lowest BCUT2D eigenvalue weighted by Crippen LogP contribution is -1.95. The zero-order chi connectivity index (χ0) is 15.8. The van der Waals surface area contributed by atoms with Gasteiger partial charge in [0, 0.05) is 18.2 Å². The number of rotatable bonds is 3. The molecule has 1 aliphatic rings. The van der Waals surface area contributed by atoms with Gasteiger partial charge in [-0.1, -0.05) is 6.07 Å². The highest BCUT2D eigenvalue weighted by Gasteiger charge is 2.14. The second-order valence-electron chi connectivity index (χ2n) is 5.62. The van der Waals surface area contributed by atoms with Crippen LogP contribution in [0, 0.1) is 6.92 Å². The molecule has 1 aliphatic heterocycles. The van der Waals surface area contributed by atoms with Gasteiger partial charge in [-0.15, -0.1) is 0 Å². The predicted octanol–water partition coefficient (Wildman–Crippen LogP) is 3.47. The van der Waals surface area contributed by atoms with Gasteiger partial charge in [-0.2, -0.15) is 0 Å². The summed E-state index contributed by atoms with van der Waals surface area (Å²) in [5, 5.41) is 0. The van der Waals surface area contributed by atoms with E-state index < -0.39 is 0 Å². The van der Waals surface area contributed by atoms with Crippen LogP contribution in [0.3, 0.4) is 0 Å². The maximum atomic E-state index is 12.4. The predicted molar refractivity (Wildman–Crippen MR) is 88.9 cm³/mol. The van der Waals surface area contributed by atoms with Crippen molar-refractivity contribution in [1.29, 1.82) is 0 Å². The number of carbonyl (C=O) groups excluding carboxylic acids is 1. The minimum Gasteiger partial charge on any atom is -0.493 e. The van der Waals surface area contributed by atoms with Gasteiger partial charge in [0.15, 0.2) is 5.78 Å². The van der Waals surface area contributed by atoms with E-state index in [0.717, 1.165) is 34.8 Å². The lowest BCUT2D eigenvalue weighted by atomic mass is 10.0. The van der Waals surface area contributed by atoms with Gasteiger partial charge in [-0.05, 0) is 55.0 Å². The first-order chi connectivity index (χ1) is 11.2. The molecule has 3 aromatic rings. The Morgan fingerprint density at radius 2 is 2.22 bits per heavy atom. The van der Waals surface area contributed by atoms with E-state index in [1.54, 1.807) is 12.2 Å². The van der Waals surface area contributed by atoms with Crippen molar-refractivity contribution >= 4 is 17.4 Å². The van der Waals surface area contributed by atoms with Crippen molar-refractivity contribution in [2.45, 2.75) is 13.3 Å². The summed E-state index contributed by atoms with van der Waals surface area (Å²) in [4.78, 5) is 16.9. The van der Waals surface area contributed by atoms with Crippen molar-refractivity contribution < 1.29 is 9.53 Å². The summed E-state index contributed by atoms with van der Waals surface area (Å²) in [6.45, 7) is 2.65. The average Bonchev–Trinajstić information content (AvgIpc) is 3.17. The number of fused-ring (bicyclic) bond motifs is 2. The lowest BCUT2D eigenvalue weighted by molar-refractivity contribution is 0.104. The van der Waals surface area contributed by atoms with Gasteiger partial charge in [0.05, 0.1) is 17.8 Å². The minimum absolute atomic E-state index is 0.0190. The van der Waals surface area contributed by atoms with Gasteiger partial charge in [0.25, 0.3) is 0 Å². The average molecular weight is 304 g/mol. The standard InChI is InChI=1S/C19H16N2O2/c1-13-20-16(17-4-2-3-10-21(13)17)6-7-18(22)14-5-8-19-15(12-14)9-11-23-19/h2-8,10,12H,9,11H2,1H3/b7-6+. The summed E-state index contributed by atoms with van der Waals surface area (Å²) in [5.74, 6) is 1.78. The molecule has 0 radical (unpaired) electrons. The fourth-order valence-corrected chi connectivity index (χ4v) is 2.93. The summed E-state index contributed by atoms with van der Waals surface area (Å²) < 4.78 is 7.48. The Bertz CT molecular complexity index is 938. The Hall–Kier alpha value is -2.88. The molecular weight excluding hydrogens is 288 g/mol. The second kappa shape index (κ2) is 5.39. The molecular formula is C19H16N2O2. The molecule has 0 aliphatic carbocycles. The molecule has 2 aromatic heterocycles. The zero-order valence-electron chi connectivity index (χ0n) is 12.8. The van der Waals surface area contributed by atoms with Crippen LogP contribution in [0.2, 0.25) is 0 Å². The molecule has 3 heterocycles. The van der Waals surface area contributed by atoms with Gasteiger partial charge in [0.1, 0.15) is 11.6 Å². The van der Waals surface area contributed by atoms with E-state index in [1.165, 1.54) is 0 Å². The molecule has 0 N–H and O–H groups in total. The maximum absolute atomic E-state index is 12.4. The van der Waals surface area contributed by atoms with Crippen LogP contribution in [-0.2, 0) is 6.42 Å². The third kappa shape index (κ3) is 2.42. The number of imidazole rings is 1. The van der Waals surface area contributed by atoms with Crippen LogP contribution < -0.4 is 4.74 Å². The fraction of sp³-hybridized carbons (Fsp3) is 0.158. The highest BCUT2D eigenvalue weighted by molar-refractivity contribution is 6.07. The third-order valence-electron chi connectivity index (χ3n) is 4.12. The van der Waals surface area contributed by atoms with E-state index in [0.29, 0.717) is 12.2 Å². The Morgan fingerprint density at radius 1 is 1.30 bits per heavy atom. The number of benzene rings is 1. The number of ketones is 1. The van der Waals surface area contributed by atoms with Crippen LogP contribution in [-0.4, -0.2) is 21.8 Å². The number of pyridine rings is 1. The van der Waals surface area contributed by atoms with Crippen molar-refractivity contribution in [3.8, 4) is 5.75 Å². The third-order valence-corrected chi connectivity index (χ3v) is 4.12. The molecule has 0 atom stereocenters. The number of hydrogen-bond acceptors (Lipinski definition) is 3. The number of nitrogens with zero attached hydrogens (tertiary/aromatic N) is 2. The summed E-state index contributed by atoms with van der Waals surface area (Å²) in [6.07, 6.45) is 6.21. The van der Waals surface area contributed by atoms with Crippen LogP contribution in [0.25, 0.3) is 11.6 Å². The molecule has 114 valence electrons. The molecule has 4 heteroatoms. The Kier molecular flexibility index (Phi) is 3.23. The smallest absolute Gasteiger partial charge is 0.185 e. The van der Waals surface area contributed by atoms with Crippen LogP contribution in [0.15, 0.2) is 48.7 Å². The molecule has 0 spiro atoms. The molecule has 1 aromatic carbocycles. The summed E-state index contributed by atoms with van der Waals surface area (Å²) in [6, 6.07) is 11.5. The van der Waals surface area contributed by atoms with Crippen molar-refractivity contribution in [1.82, 2.24) is 9.38 Å². The van der Waals surface area contributed by atoms with Gasteiger partial charge in [0.2, 0.25) is 0 Å². The second-order valence-corrected chi connectivity index (χ2v) is 5.62. The molecule has 0 bridgehead atoms. The lowest BCUT2D eigenvalue weighted by Gasteiger charge is -2.00. The van der Waals surface area contributed by atoms with Crippen molar-refractivity contribution in [3.05, 3.63) is 71.3 Å². The molecule has 4 nitrogen and oxygen atoms in total. The zero-order valence-corrected chi connectivity index (χ0v) is 12.8. The van der Waals surface area contributed by atoms with Gasteiger partial charge in [-0.3, -0.25) is 4.79 Å². The van der Waals surface area contributed by atoms with E-state index in [2.05, 4.69) is 4.98 Å². The number of carbonyl (C=O) groups is 1. The monoisotopic (exact) mass is 304 g/mol. The van der Waals surface area contributed by atoms with Gasteiger partial charge >= 0.3 is 0 Å². The summed E-state index contributed by atoms with van der Waals surface area (Å²) >= 11 is 0. The van der Waals surface area contributed by atoms with E-state index in [9.17, 15) is 4.79 Å². The Balaban J connectivity index is 1.64. The van der Waals surface area contributed by atoms with E-state index in [4.69, 9.17) is 4.74 Å². The largest absolute Gasteiger partial charge is 0.493 e. The topological polar surface area (TPSA) is 43.6 Å². The van der Waals surface area contributed by atoms with Crippen LogP contribution in [0.5, 0.6) is 5.75 Å². The Labute approximate surface area is 134 Å². The number of hydrogen-bond donors (Lipinski definition) is 0. The van der Waals surface area contributed by atoms with Crippen LogP contribution in [0.1, 0.15) is 27.4 Å². The van der Waals surface area contributed by atoms with Crippen LogP contribution >= 0.6 is 0 Å². The van der Waals surface area contributed by atoms with Crippen molar-refractivity contribution in [3.63, 3.8) is 0 Å². The Morgan fingerprint density at radius 3 is 3.13 bits per heavy atom. The summed E-state index contributed by atoms with van der Waals surface area (Å²) in [5.41, 5.74) is 3.59. The normalized spacial score (nSPS) is 13.4. The molecule has 0 saturated heterocycles. The van der Waals surface area contributed by atoms with E-state index in [-0.39, 0.29) is 5.78 Å². The highest BCUT2D eigenvalue weighted by atomic mass is 16.5. The molecule has 4 rings (SSSR count). The van der Waals surface area contributed by atoms with Gasteiger partial charge < -0.3 is 9.14 Å². The quantitative estimate of drug-likeness (QED) is 0.549. The molecule has 0 fully saturated rings. The number of allylic oxidation sites excluding steroid dienone is 1.